The van der Waals surface area contributed by atoms with Gasteiger partial charge in [0, 0.05) is 18.5 Å². The molecule has 0 saturated heterocycles. The molecule has 3 rings (SSSR count). The Bertz CT molecular complexity index is 974. The van der Waals surface area contributed by atoms with Crippen LogP contribution >= 0.6 is 11.8 Å². The molecule has 2 heterocycles. The smallest absolute Gasteiger partial charge is 0.265 e. The monoisotopic (exact) mass is 357 g/mol. The first-order chi connectivity index (χ1) is 12.0. The lowest BCUT2D eigenvalue weighted by Crippen LogP contribution is -2.28. The first kappa shape index (κ1) is 17.3. The predicted molar refractivity (Wildman–Crippen MR) is 98.2 cm³/mol. The van der Waals surface area contributed by atoms with E-state index in [2.05, 4.69) is 34.6 Å². The van der Waals surface area contributed by atoms with E-state index in [9.17, 15) is 9.59 Å². The van der Waals surface area contributed by atoms with Crippen LogP contribution in [0.25, 0.3) is 11.1 Å². The third kappa shape index (κ3) is 3.46. The number of aryl methyl sites for hydroxylation is 2. The number of benzene rings is 1. The molecule has 0 aliphatic rings. The van der Waals surface area contributed by atoms with Gasteiger partial charge in [-0.25, -0.2) is 4.98 Å². The van der Waals surface area contributed by atoms with E-state index in [0.29, 0.717) is 18.7 Å². The molecule has 1 N–H and O–H groups in total. The maximum absolute atomic E-state index is 12.5. The van der Waals surface area contributed by atoms with Crippen molar-refractivity contribution in [1.82, 2.24) is 14.9 Å². The third-order valence-corrected chi connectivity index (χ3v) is 4.78. The normalized spacial score (nSPS) is 11.0. The highest BCUT2D eigenvalue weighted by Crippen LogP contribution is 2.20. The number of fused-ring (bicyclic) bond motifs is 1. The first-order valence-corrected chi connectivity index (χ1v) is 9.09. The summed E-state index contributed by atoms with van der Waals surface area (Å²) in [6.07, 6.45) is 4.13. The van der Waals surface area contributed by atoms with E-state index < -0.39 is 0 Å². The van der Waals surface area contributed by atoms with Crippen molar-refractivity contribution in [2.24, 2.45) is 7.05 Å². The van der Waals surface area contributed by atoms with Gasteiger partial charge in [0.25, 0.3) is 11.5 Å². The van der Waals surface area contributed by atoms with E-state index in [1.165, 1.54) is 15.8 Å². The maximum atomic E-state index is 12.5. The molecule has 1 aromatic carbocycles. The molecule has 3 aromatic rings. The highest BCUT2D eigenvalue weighted by atomic mass is 32.2. The van der Waals surface area contributed by atoms with Gasteiger partial charge in [-0.1, -0.05) is 12.1 Å². The summed E-state index contributed by atoms with van der Waals surface area (Å²) in [5.74, 6) is 0.0784. The second-order valence-electron chi connectivity index (χ2n) is 5.73. The van der Waals surface area contributed by atoms with Crippen molar-refractivity contribution in [2.45, 2.75) is 18.2 Å². The number of thioether (sulfide) groups is 1. The number of nitrogens with zero attached hydrogens (tertiary/aromatic N) is 2. The number of hydrogen-bond acceptors (Lipinski definition) is 5. The van der Waals surface area contributed by atoms with Crippen molar-refractivity contribution in [3.63, 3.8) is 0 Å². The second-order valence-corrected chi connectivity index (χ2v) is 6.61. The van der Waals surface area contributed by atoms with Gasteiger partial charge in [-0.2, -0.15) is 0 Å². The van der Waals surface area contributed by atoms with Gasteiger partial charge in [-0.15, -0.1) is 11.8 Å². The standard InChI is InChI=1S/C18H19N3O3S/c1-11-14(15-17(24-11)20-10-21(2)18(15)23)16(22)19-9-8-12-4-6-13(25-3)7-5-12/h4-7,10H,8-9H2,1-3H3,(H,19,22). The molecule has 0 radical (unpaired) electrons. The highest BCUT2D eigenvalue weighted by Gasteiger charge is 2.22. The summed E-state index contributed by atoms with van der Waals surface area (Å²) in [7, 11) is 1.59. The number of hydrogen-bond donors (Lipinski definition) is 1. The van der Waals surface area contributed by atoms with Crippen molar-refractivity contribution in [3.05, 3.63) is 57.8 Å². The largest absolute Gasteiger partial charge is 0.442 e. The number of carbonyl (C=O) groups is 1. The van der Waals surface area contributed by atoms with Crippen LogP contribution in [0, 0.1) is 6.92 Å². The number of amides is 1. The molecular formula is C18H19N3O3S. The van der Waals surface area contributed by atoms with Crippen molar-refractivity contribution >= 4 is 28.8 Å². The van der Waals surface area contributed by atoms with E-state index in [4.69, 9.17) is 4.42 Å². The predicted octanol–water partition coefficient (Wildman–Crippen LogP) is 2.53. The lowest BCUT2D eigenvalue weighted by Gasteiger charge is -2.06. The van der Waals surface area contributed by atoms with Gasteiger partial charge in [0.2, 0.25) is 5.71 Å². The van der Waals surface area contributed by atoms with Crippen molar-refractivity contribution in [1.29, 1.82) is 0 Å². The molecule has 0 saturated carbocycles. The summed E-state index contributed by atoms with van der Waals surface area (Å²) in [4.78, 5) is 30.1. The molecule has 0 spiro atoms. The third-order valence-electron chi connectivity index (χ3n) is 4.03. The van der Waals surface area contributed by atoms with Crippen molar-refractivity contribution < 1.29 is 9.21 Å². The summed E-state index contributed by atoms with van der Waals surface area (Å²) < 4.78 is 6.79. The Hall–Kier alpha value is -2.54. The number of aromatic nitrogens is 2. The van der Waals surface area contributed by atoms with E-state index >= 15 is 0 Å². The maximum Gasteiger partial charge on any atom is 0.265 e. The van der Waals surface area contributed by atoms with E-state index in [1.807, 2.05) is 6.26 Å². The summed E-state index contributed by atoms with van der Waals surface area (Å²) in [5.41, 5.74) is 1.31. The SMILES string of the molecule is CSc1ccc(CCNC(=O)c2c(C)oc3ncn(C)c(=O)c23)cc1. The minimum absolute atomic E-state index is 0.193. The number of carbonyl (C=O) groups excluding carboxylic acids is 1. The van der Waals surface area contributed by atoms with Gasteiger partial charge in [0.05, 0.1) is 5.56 Å². The Morgan fingerprint density at radius 1 is 1.32 bits per heavy atom. The fourth-order valence-corrected chi connectivity index (χ4v) is 3.07. The summed E-state index contributed by atoms with van der Waals surface area (Å²) in [6.45, 7) is 2.14. The van der Waals surface area contributed by atoms with E-state index in [-0.39, 0.29) is 28.1 Å². The van der Waals surface area contributed by atoms with Gasteiger partial charge < -0.3 is 14.3 Å². The van der Waals surface area contributed by atoms with Gasteiger partial charge in [-0.05, 0) is 37.3 Å². The van der Waals surface area contributed by atoms with Crippen LogP contribution in [-0.4, -0.2) is 28.3 Å². The van der Waals surface area contributed by atoms with Crippen LogP contribution < -0.4 is 10.9 Å². The Kier molecular flexibility index (Phi) is 4.94. The average Bonchev–Trinajstić information content (AvgIpc) is 2.95. The van der Waals surface area contributed by atoms with Gasteiger partial charge in [0.15, 0.2) is 0 Å². The number of rotatable bonds is 5. The van der Waals surface area contributed by atoms with E-state index in [0.717, 1.165) is 5.56 Å². The minimum atomic E-state index is -0.318. The number of furan rings is 1. The van der Waals surface area contributed by atoms with Crippen LogP contribution in [0.1, 0.15) is 21.7 Å². The molecule has 0 unspecified atom stereocenters. The fraction of sp³-hybridized carbons (Fsp3) is 0.278. The van der Waals surface area contributed by atoms with E-state index in [1.54, 1.807) is 25.7 Å². The van der Waals surface area contributed by atoms with Crippen LogP contribution in [0.3, 0.4) is 0 Å². The molecule has 2 aromatic heterocycles. The Labute approximate surface area is 149 Å². The molecule has 0 bridgehead atoms. The molecule has 25 heavy (non-hydrogen) atoms. The number of nitrogens with one attached hydrogen (secondary N) is 1. The van der Waals surface area contributed by atoms with Crippen LogP contribution in [0.2, 0.25) is 0 Å². The average molecular weight is 357 g/mol. The quantitative estimate of drug-likeness (QED) is 0.710. The zero-order valence-corrected chi connectivity index (χ0v) is 15.1. The molecular weight excluding hydrogens is 338 g/mol. The summed E-state index contributed by atoms with van der Waals surface area (Å²) >= 11 is 1.69. The molecule has 1 amide bonds. The Balaban J connectivity index is 1.75. The topological polar surface area (TPSA) is 77.1 Å². The van der Waals surface area contributed by atoms with Gasteiger partial charge in [0.1, 0.15) is 17.5 Å². The molecule has 6 nitrogen and oxygen atoms in total. The lowest BCUT2D eigenvalue weighted by molar-refractivity contribution is 0.0954. The zero-order chi connectivity index (χ0) is 18.0. The summed E-state index contributed by atoms with van der Waals surface area (Å²) in [5, 5.41) is 3.09. The summed E-state index contributed by atoms with van der Waals surface area (Å²) in [6, 6.07) is 8.22. The lowest BCUT2D eigenvalue weighted by atomic mass is 10.1. The molecule has 0 aliphatic carbocycles. The second kappa shape index (κ2) is 7.14. The molecule has 0 atom stereocenters. The fourth-order valence-electron chi connectivity index (χ4n) is 2.66. The van der Waals surface area contributed by atoms with Crippen molar-refractivity contribution in [2.75, 3.05) is 12.8 Å². The van der Waals surface area contributed by atoms with Crippen LogP contribution in [-0.2, 0) is 13.5 Å². The molecule has 0 fully saturated rings. The van der Waals surface area contributed by atoms with Crippen LogP contribution in [0.4, 0.5) is 0 Å². The van der Waals surface area contributed by atoms with Crippen molar-refractivity contribution in [3.8, 4) is 0 Å². The molecule has 0 aliphatic heterocycles. The van der Waals surface area contributed by atoms with Gasteiger partial charge >= 0.3 is 0 Å². The first-order valence-electron chi connectivity index (χ1n) is 7.87. The molecule has 7 heteroatoms. The van der Waals surface area contributed by atoms with Gasteiger partial charge in [-0.3, -0.25) is 9.59 Å². The van der Waals surface area contributed by atoms with Crippen LogP contribution in [0.5, 0.6) is 0 Å². The molecule has 130 valence electrons. The zero-order valence-electron chi connectivity index (χ0n) is 14.3. The Morgan fingerprint density at radius 2 is 2.04 bits per heavy atom. The Morgan fingerprint density at radius 3 is 2.72 bits per heavy atom. The highest BCUT2D eigenvalue weighted by molar-refractivity contribution is 7.98. The minimum Gasteiger partial charge on any atom is -0.442 e. The van der Waals surface area contributed by atoms with Crippen LogP contribution in [0.15, 0.2) is 44.7 Å².